The second-order valence-corrected chi connectivity index (χ2v) is 4.86. The second kappa shape index (κ2) is 10.8. The predicted molar refractivity (Wildman–Crippen MR) is 80.9 cm³/mol. The predicted octanol–water partition coefficient (Wildman–Crippen LogP) is 5.04. The van der Waals surface area contributed by atoms with Crippen LogP contribution in [0.5, 0.6) is 0 Å². The van der Waals surface area contributed by atoms with Crippen LogP contribution in [0.1, 0.15) is 53.4 Å². The van der Waals surface area contributed by atoms with Crippen molar-refractivity contribution in [1.29, 1.82) is 0 Å². The topological polar surface area (TPSA) is 21.6 Å². The Kier molecular flexibility index (Phi) is 10.0. The number of oxime groups is 1. The molecule has 0 rings (SSSR count). The summed E-state index contributed by atoms with van der Waals surface area (Å²) in [5.74, 6) is 0. The maximum absolute atomic E-state index is 4.61. The monoisotopic (exact) mass is 249 g/mol. The minimum atomic E-state index is 1.08. The maximum atomic E-state index is 4.61. The lowest BCUT2D eigenvalue weighted by Crippen LogP contribution is -1.81. The van der Waals surface area contributed by atoms with Gasteiger partial charge in [0, 0.05) is 0 Å². The van der Waals surface area contributed by atoms with E-state index in [0.717, 1.165) is 19.3 Å². The highest BCUT2D eigenvalue weighted by molar-refractivity contribution is 5.71. The fourth-order valence-corrected chi connectivity index (χ4v) is 1.54. The Bertz CT molecular complexity index is 331. The van der Waals surface area contributed by atoms with Gasteiger partial charge in [-0.25, -0.2) is 0 Å². The van der Waals surface area contributed by atoms with Crippen LogP contribution in [0.25, 0.3) is 0 Å². The van der Waals surface area contributed by atoms with Crippen molar-refractivity contribution in [3.63, 3.8) is 0 Å². The van der Waals surface area contributed by atoms with Crippen molar-refractivity contribution in [2.24, 2.45) is 5.16 Å². The molecule has 0 fully saturated rings. The lowest BCUT2D eigenvalue weighted by atomic mass is 10.1. The van der Waals surface area contributed by atoms with Crippen molar-refractivity contribution in [1.82, 2.24) is 0 Å². The lowest BCUT2D eigenvalue weighted by molar-refractivity contribution is 0.215. The van der Waals surface area contributed by atoms with Gasteiger partial charge < -0.3 is 4.84 Å². The molecule has 0 heterocycles. The van der Waals surface area contributed by atoms with Crippen LogP contribution < -0.4 is 0 Å². The molecule has 0 amide bonds. The molecule has 102 valence electrons. The van der Waals surface area contributed by atoms with Gasteiger partial charge in [-0.15, -0.1) is 0 Å². The van der Waals surface area contributed by atoms with Crippen LogP contribution in [0.3, 0.4) is 0 Å². The first-order valence-electron chi connectivity index (χ1n) is 6.57. The minimum absolute atomic E-state index is 1.08. The van der Waals surface area contributed by atoms with Gasteiger partial charge in [0.05, 0.1) is 6.21 Å². The molecule has 0 aliphatic heterocycles. The van der Waals surface area contributed by atoms with Crippen LogP contribution in [-0.4, -0.2) is 13.3 Å². The van der Waals surface area contributed by atoms with Gasteiger partial charge in [0.2, 0.25) is 0 Å². The summed E-state index contributed by atoms with van der Waals surface area (Å²) in [5, 5.41) is 3.69. The Morgan fingerprint density at radius 2 is 1.56 bits per heavy atom. The Balaban J connectivity index is 3.89. The Labute approximate surface area is 112 Å². The Hall–Kier alpha value is -1.31. The van der Waals surface area contributed by atoms with E-state index in [-0.39, 0.29) is 0 Å². The molecule has 0 radical (unpaired) electrons. The zero-order chi connectivity index (χ0) is 13.8. The third kappa shape index (κ3) is 11.2. The lowest BCUT2D eigenvalue weighted by Gasteiger charge is -2.00. The van der Waals surface area contributed by atoms with Crippen LogP contribution in [0, 0.1) is 0 Å². The molecule has 0 aromatic heterocycles. The largest absolute Gasteiger partial charge is 0.399 e. The van der Waals surface area contributed by atoms with Crippen LogP contribution in [0.15, 0.2) is 40.1 Å². The van der Waals surface area contributed by atoms with Gasteiger partial charge in [0.25, 0.3) is 0 Å². The fourth-order valence-electron chi connectivity index (χ4n) is 1.54. The molecule has 0 aliphatic rings. The van der Waals surface area contributed by atoms with Crippen molar-refractivity contribution in [2.45, 2.75) is 53.4 Å². The summed E-state index contributed by atoms with van der Waals surface area (Å²) in [6.45, 7) is 8.63. The van der Waals surface area contributed by atoms with Crippen molar-refractivity contribution in [2.75, 3.05) is 7.11 Å². The molecule has 0 bridgehead atoms. The summed E-state index contributed by atoms with van der Waals surface area (Å²) in [5.41, 5.74) is 4.20. The van der Waals surface area contributed by atoms with Crippen molar-refractivity contribution >= 4 is 6.21 Å². The average molecular weight is 249 g/mol. The number of hydrogen-bond acceptors (Lipinski definition) is 2. The first kappa shape index (κ1) is 16.7. The number of nitrogens with zero attached hydrogens (tertiary/aromatic N) is 1. The molecule has 0 N–H and O–H groups in total. The number of rotatable bonds is 8. The number of hydrogen-bond donors (Lipinski definition) is 0. The highest BCUT2D eigenvalue weighted by Crippen LogP contribution is 2.10. The van der Waals surface area contributed by atoms with Crippen LogP contribution in [-0.2, 0) is 4.84 Å². The first-order chi connectivity index (χ1) is 8.56. The van der Waals surface area contributed by atoms with Gasteiger partial charge in [-0.3, -0.25) is 0 Å². The summed E-state index contributed by atoms with van der Waals surface area (Å²) >= 11 is 0. The summed E-state index contributed by atoms with van der Waals surface area (Å²) in [6, 6.07) is 0. The molecular formula is C16H27NO. The molecule has 0 unspecified atom stereocenters. The van der Waals surface area contributed by atoms with E-state index in [1.165, 1.54) is 23.1 Å². The van der Waals surface area contributed by atoms with Gasteiger partial charge in [0.15, 0.2) is 0 Å². The summed E-state index contributed by atoms with van der Waals surface area (Å²) in [4.78, 5) is 4.61. The number of allylic oxidation sites excluding steroid dienone is 6. The molecular weight excluding hydrogens is 222 g/mol. The zero-order valence-corrected chi connectivity index (χ0v) is 12.5. The van der Waals surface area contributed by atoms with Gasteiger partial charge in [-0.1, -0.05) is 34.0 Å². The van der Waals surface area contributed by atoms with E-state index >= 15 is 0 Å². The molecule has 2 nitrogen and oxygen atoms in total. The molecule has 0 saturated carbocycles. The van der Waals surface area contributed by atoms with E-state index in [0.29, 0.717) is 0 Å². The van der Waals surface area contributed by atoms with Crippen molar-refractivity contribution < 1.29 is 4.84 Å². The van der Waals surface area contributed by atoms with Crippen molar-refractivity contribution in [3.8, 4) is 0 Å². The normalized spacial score (nSPS) is 12.9. The molecule has 0 spiro atoms. The van der Waals surface area contributed by atoms with Gasteiger partial charge in [0.1, 0.15) is 7.11 Å². The first-order valence-corrected chi connectivity index (χ1v) is 6.57. The van der Waals surface area contributed by atoms with Crippen LogP contribution in [0.2, 0.25) is 0 Å². The zero-order valence-electron chi connectivity index (χ0n) is 12.5. The molecule has 0 atom stereocenters. The highest BCUT2D eigenvalue weighted by Gasteiger charge is 1.91. The average Bonchev–Trinajstić information content (AvgIpc) is 2.29. The molecule has 0 aromatic carbocycles. The van der Waals surface area contributed by atoms with E-state index in [4.69, 9.17) is 0 Å². The van der Waals surface area contributed by atoms with Crippen LogP contribution >= 0.6 is 0 Å². The van der Waals surface area contributed by atoms with E-state index in [2.05, 4.69) is 49.8 Å². The van der Waals surface area contributed by atoms with Gasteiger partial charge in [-0.05, 0) is 59.5 Å². The summed E-state index contributed by atoms with van der Waals surface area (Å²) < 4.78 is 0. The van der Waals surface area contributed by atoms with Gasteiger partial charge >= 0.3 is 0 Å². The molecule has 0 saturated heterocycles. The molecule has 2 heteroatoms. The highest BCUT2D eigenvalue weighted by atomic mass is 16.6. The third-order valence-electron chi connectivity index (χ3n) is 2.65. The van der Waals surface area contributed by atoms with E-state index in [1.807, 2.05) is 6.08 Å². The Morgan fingerprint density at radius 1 is 0.944 bits per heavy atom. The quantitative estimate of drug-likeness (QED) is 0.335. The Morgan fingerprint density at radius 3 is 2.17 bits per heavy atom. The van der Waals surface area contributed by atoms with Gasteiger partial charge in [-0.2, -0.15) is 0 Å². The van der Waals surface area contributed by atoms with E-state index in [9.17, 15) is 0 Å². The fraction of sp³-hybridized carbons (Fsp3) is 0.562. The van der Waals surface area contributed by atoms with E-state index < -0.39 is 0 Å². The molecule has 0 aliphatic carbocycles. The third-order valence-corrected chi connectivity index (χ3v) is 2.65. The summed E-state index contributed by atoms with van der Waals surface area (Å²) in [6.07, 6.45) is 12.8. The van der Waals surface area contributed by atoms with Crippen LogP contribution in [0.4, 0.5) is 0 Å². The van der Waals surface area contributed by atoms with E-state index in [1.54, 1.807) is 13.3 Å². The van der Waals surface area contributed by atoms with Crippen molar-refractivity contribution in [3.05, 3.63) is 34.9 Å². The molecule has 18 heavy (non-hydrogen) atoms. The molecule has 0 aromatic rings. The maximum Gasteiger partial charge on any atom is 0.106 e. The smallest absolute Gasteiger partial charge is 0.106 e. The minimum Gasteiger partial charge on any atom is -0.399 e. The summed E-state index contributed by atoms with van der Waals surface area (Å²) in [7, 11) is 1.55. The standard InChI is InChI=1S/C16H27NO/c1-14(2)8-6-9-15(3)10-7-11-16(4)12-13-17-18-5/h8,10,12-13H,6-7,9,11H2,1-5H3/b15-10+,16-12+,17-13-. The second-order valence-electron chi connectivity index (χ2n) is 4.86. The SMILES string of the molecule is CO/N=C\C=C(/C)CC/C=C(\C)CCC=C(C)C.